The van der Waals surface area contributed by atoms with Crippen LogP contribution in [-0.2, 0) is 9.84 Å². The van der Waals surface area contributed by atoms with E-state index in [1.165, 1.54) is 0 Å². The van der Waals surface area contributed by atoms with Crippen molar-refractivity contribution in [3.05, 3.63) is 88.3 Å². The third-order valence-electron chi connectivity index (χ3n) is 5.34. The van der Waals surface area contributed by atoms with Gasteiger partial charge in [-0.3, -0.25) is 4.98 Å². The summed E-state index contributed by atoms with van der Waals surface area (Å²) >= 11 is 6.15. The van der Waals surface area contributed by atoms with Crippen molar-refractivity contribution in [1.82, 2.24) is 9.97 Å². The summed E-state index contributed by atoms with van der Waals surface area (Å²) in [5.41, 5.74) is -0.509. The van der Waals surface area contributed by atoms with Crippen molar-refractivity contribution in [3.8, 4) is 11.4 Å². The van der Waals surface area contributed by atoms with Gasteiger partial charge in [0.05, 0.1) is 28.6 Å². The van der Waals surface area contributed by atoms with Gasteiger partial charge in [-0.2, -0.15) is 13.2 Å². The van der Waals surface area contributed by atoms with E-state index in [-0.39, 0.29) is 10.7 Å². The number of para-hydroxylation sites is 1. The molecular weight excluding hydrogens is 518 g/mol. The number of aromatic amines is 1. The fourth-order valence-corrected chi connectivity index (χ4v) is 5.89. The Morgan fingerprint density at radius 3 is 2.37 bits per heavy atom. The predicted octanol–water partition coefficient (Wildman–Crippen LogP) is 6.76. The molecule has 2 aromatic heterocycles. The highest BCUT2D eigenvalue weighted by Gasteiger charge is 2.39. The molecule has 0 aliphatic heterocycles. The lowest BCUT2D eigenvalue weighted by atomic mass is 10.0. The van der Waals surface area contributed by atoms with Crippen LogP contribution in [0.2, 0.25) is 5.02 Å². The minimum Gasteiger partial charge on any atom is -0.353 e. The molecule has 0 aliphatic rings. The molecule has 4 aromatic rings. The molecule has 0 bridgehead atoms. The number of hydrogen-bond acceptors (Lipinski definition) is 3. The van der Waals surface area contributed by atoms with E-state index in [4.69, 9.17) is 11.6 Å². The molecule has 1 N–H and O–H groups in total. The molecule has 35 heavy (non-hydrogen) atoms. The first kappa shape index (κ1) is 25.1. The van der Waals surface area contributed by atoms with Gasteiger partial charge in [0, 0.05) is 22.7 Å². The Hall–Kier alpha value is -3.05. The third-order valence-corrected chi connectivity index (χ3v) is 7.64. The van der Waals surface area contributed by atoms with Gasteiger partial charge >= 0.3 is 6.18 Å². The van der Waals surface area contributed by atoms with Gasteiger partial charge in [0.2, 0.25) is 0 Å². The summed E-state index contributed by atoms with van der Waals surface area (Å²) in [6.45, 7) is 0. The Morgan fingerprint density at radius 1 is 1.00 bits per heavy atom. The summed E-state index contributed by atoms with van der Waals surface area (Å²) in [5, 5.41) is -1.97. The summed E-state index contributed by atoms with van der Waals surface area (Å²) in [6, 6.07) is 10.8. The monoisotopic (exact) mass is 532 g/mol. The number of fused-ring (bicyclic) bond motifs is 1. The number of hydrogen-bond donors (Lipinski definition) is 1. The molecule has 2 heterocycles. The summed E-state index contributed by atoms with van der Waals surface area (Å²) in [4.78, 5) is 7.15. The Kier molecular flexibility index (Phi) is 6.58. The summed E-state index contributed by atoms with van der Waals surface area (Å²) in [6.07, 6.45) is -5.63. The van der Waals surface area contributed by atoms with Gasteiger partial charge < -0.3 is 4.98 Å². The van der Waals surface area contributed by atoms with E-state index in [9.17, 15) is 34.8 Å². The predicted molar refractivity (Wildman–Crippen MR) is 119 cm³/mol. The summed E-state index contributed by atoms with van der Waals surface area (Å²) < 4.78 is 108. The Balaban J connectivity index is 1.93. The Labute approximate surface area is 200 Å². The van der Waals surface area contributed by atoms with Crippen LogP contribution in [0.4, 0.5) is 26.3 Å². The van der Waals surface area contributed by atoms with Crippen molar-refractivity contribution in [2.24, 2.45) is 0 Å². The Bertz CT molecular complexity index is 1490. The molecule has 0 fully saturated rings. The van der Waals surface area contributed by atoms with Crippen molar-refractivity contribution in [2.45, 2.75) is 17.8 Å². The number of alkyl halides is 3. The first-order chi connectivity index (χ1) is 16.4. The highest BCUT2D eigenvalue weighted by Crippen LogP contribution is 2.40. The topological polar surface area (TPSA) is 62.8 Å². The van der Waals surface area contributed by atoms with Crippen LogP contribution in [0.25, 0.3) is 22.3 Å². The number of aromatic nitrogens is 2. The van der Waals surface area contributed by atoms with Gasteiger partial charge in [0.25, 0.3) is 0 Å². The maximum Gasteiger partial charge on any atom is 0.390 e. The van der Waals surface area contributed by atoms with E-state index in [0.717, 1.165) is 17.6 Å². The van der Waals surface area contributed by atoms with E-state index >= 15 is 0 Å². The lowest BCUT2D eigenvalue weighted by Gasteiger charge is -2.22. The molecule has 1 atom stereocenters. The smallest absolute Gasteiger partial charge is 0.353 e. The largest absolute Gasteiger partial charge is 0.390 e. The number of nitrogens with one attached hydrogen (secondary N) is 1. The molecule has 2 aromatic carbocycles. The van der Waals surface area contributed by atoms with Crippen LogP contribution in [0, 0.1) is 17.5 Å². The van der Waals surface area contributed by atoms with E-state index in [1.54, 1.807) is 30.3 Å². The number of rotatable bonds is 6. The van der Waals surface area contributed by atoms with Gasteiger partial charge in [-0.1, -0.05) is 29.8 Å². The number of sulfone groups is 1. The van der Waals surface area contributed by atoms with E-state index in [0.29, 0.717) is 23.3 Å². The first-order valence-corrected chi connectivity index (χ1v) is 12.1. The molecule has 0 spiro atoms. The van der Waals surface area contributed by atoms with Gasteiger partial charge in [-0.05, 0) is 35.9 Å². The normalized spacial score (nSPS) is 13.3. The first-order valence-electron chi connectivity index (χ1n) is 10.0. The van der Waals surface area contributed by atoms with Crippen molar-refractivity contribution >= 4 is 32.3 Å². The fraction of sp³-hybridized carbons (Fsp3) is 0.174. The molecule has 0 amide bonds. The molecule has 0 aliphatic carbocycles. The third kappa shape index (κ3) is 5.15. The molecule has 0 radical (unpaired) electrons. The zero-order chi connectivity index (χ0) is 25.5. The summed E-state index contributed by atoms with van der Waals surface area (Å²) in [7, 11) is -4.96. The van der Waals surface area contributed by atoms with Gasteiger partial charge in [0.1, 0.15) is 11.1 Å². The second-order valence-electron chi connectivity index (χ2n) is 7.73. The fourth-order valence-electron chi connectivity index (χ4n) is 3.70. The number of halogens is 7. The van der Waals surface area contributed by atoms with Crippen LogP contribution < -0.4 is 0 Å². The van der Waals surface area contributed by atoms with Crippen molar-refractivity contribution in [1.29, 1.82) is 0 Å². The minimum atomic E-state index is -4.96. The highest BCUT2D eigenvalue weighted by molar-refractivity contribution is 7.91. The molecule has 184 valence electrons. The number of pyridine rings is 1. The SMILES string of the molecule is O=S(=O)(CCC(F)(F)F)C(c1cc(-c2cc3ccccc3[nH]2)ncc1Cl)c1c(F)ccc(F)c1F. The maximum atomic E-state index is 14.7. The van der Waals surface area contributed by atoms with E-state index in [1.807, 2.05) is 0 Å². The molecule has 0 saturated heterocycles. The van der Waals surface area contributed by atoms with Crippen molar-refractivity contribution in [2.75, 3.05) is 5.75 Å². The minimum absolute atomic E-state index is 0.105. The molecule has 4 nitrogen and oxygen atoms in total. The Morgan fingerprint density at radius 2 is 1.69 bits per heavy atom. The maximum absolute atomic E-state index is 14.7. The standard InChI is InChI=1S/C23H15ClF6N2O2S/c24-14-11-31-18(19-9-12-3-1-2-4-17(12)32-19)10-13(14)22(35(33,34)8-7-23(28,29)30)20-15(25)5-6-16(26)21(20)27/h1-6,9-11,22,32H,7-8H2. The highest BCUT2D eigenvalue weighted by atomic mass is 35.5. The molecule has 12 heteroatoms. The lowest BCUT2D eigenvalue weighted by molar-refractivity contribution is -0.129. The second kappa shape index (κ2) is 9.19. The van der Waals surface area contributed by atoms with Crippen LogP contribution in [0.1, 0.15) is 22.8 Å². The molecule has 0 saturated carbocycles. The van der Waals surface area contributed by atoms with Gasteiger partial charge in [-0.15, -0.1) is 0 Å². The number of benzene rings is 2. The van der Waals surface area contributed by atoms with Crippen molar-refractivity contribution < 1.29 is 34.8 Å². The van der Waals surface area contributed by atoms with E-state index in [2.05, 4.69) is 9.97 Å². The molecular formula is C23H15ClF6N2O2S. The van der Waals surface area contributed by atoms with Gasteiger partial charge in [0.15, 0.2) is 21.5 Å². The number of H-pyrrole nitrogens is 1. The zero-order valence-electron chi connectivity index (χ0n) is 17.5. The average Bonchev–Trinajstić information content (AvgIpc) is 3.22. The summed E-state index contributed by atoms with van der Waals surface area (Å²) in [5.74, 6) is -6.37. The van der Waals surface area contributed by atoms with Crippen LogP contribution >= 0.6 is 11.6 Å². The average molecular weight is 533 g/mol. The van der Waals surface area contributed by atoms with Crippen molar-refractivity contribution in [3.63, 3.8) is 0 Å². The van der Waals surface area contributed by atoms with E-state index < -0.39 is 62.0 Å². The van der Waals surface area contributed by atoms with Crippen LogP contribution in [0.5, 0.6) is 0 Å². The zero-order valence-corrected chi connectivity index (χ0v) is 19.1. The molecule has 4 rings (SSSR count). The van der Waals surface area contributed by atoms with Crippen LogP contribution in [-0.4, -0.2) is 30.3 Å². The van der Waals surface area contributed by atoms with Crippen LogP contribution in [0.3, 0.4) is 0 Å². The second-order valence-corrected chi connectivity index (χ2v) is 10.3. The molecule has 1 unspecified atom stereocenters. The number of nitrogens with zero attached hydrogens (tertiary/aromatic N) is 1. The van der Waals surface area contributed by atoms with Gasteiger partial charge in [-0.25, -0.2) is 21.6 Å². The lowest BCUT2D eigenvalue weighted by Crippen LogP contribution is -2.24. The quantitative estimate of drug-likeness (QED) is 0.220. The van der Waals surface area contributed by atoms with Crippen LogP contribution in [0.15, 0.2) is 54.7 Å².